The molecule has 2 aromatic rings. The van der Waals surface area contributed by atoms with Gasteiger partial charge in [0.25, 0.3) is 17.7 Å². The molecule has 36 heavy (non-hydrogen) atoms. The van der Waals surface area contributed by atoms with E-state index in [2.05, 4.69) is 12.2 Å². The zero-order valence-electron chi connectivity index (χ0n) is 20.3. The third kappa shape index (κ3) is 5.28. The van der Waals surface area contributed by atoms with Crippen LogP contribution in [0.4, 0.5) is 11.4 Å². The number of amides is 3. The van der Waals surface area contributed by atoms with Crippen LogP contribution in [0.5, 0.6) is 0 Å². The number of halogens is 1. The van der Waals surface area contributed by atoms with E-state index in [9.17, 15) is 19.2 Å². The van der Waals surface area contributed by atoms with E-state index in [1.165, 1.54) is 6.07 Å². The first-order valence-corrected chi connectivity index (χ1v) is 12.4. The van der Waals surface area contributed by atoms with Crippen molar-refractivity contribution in [1.82, 2.24) is 4.90 Å². The van der Waals surface area contributed by atoms with Crippen LogP contribution in [-0.2, 0) is 14.3 Å². The summed E-state index contributed by atoms with van der Waals surface area (Å²) in [6, 6.07) is 12.8. The molecule has 4 rings (SSSR count). The summed E-state index contributed by atoms with van der Waals surface area (Å²) in [6.45, 7) is 5.83. The first-order chi connectivity index (χ1) is 17.3. The Labute approximate surface area is 214 Å². The summed E-state index contributed by atoms with van der Waals surface area (Å²) in [5.74, 6) is -1.28. The van der Waals surface area contributed by atoms with E-state index < -0.39 is 17.8 Å². The van der Waals surface area contributed by atoms with Gasteiger partial charge >= 0.3 is 5.97 Å². The highest BCUT2D eigenvalue weighted by molar-refractivity contribution is 6.53. The van der Waals surface area contributed by atoms with Crippen molar-refractivity contribution in [3.8, 4) is 0 Å². The van der Waals surface area contributed by atoms with Crippen molar-refractivity contribution >= 4 is 46.7 Å². The van der Waals surface area contributed by atoms with E-state index in [-0.39, 0.29) is 34.5 Å². The summed E-state index contributed by atoms with van der Waals surface area (Å²) in [7, 11) is 0. The fourth-order valence-corrected chi connectivity index (χ4v) is 4.34. The Kier molecular flexibility index (Phi) is 7.74. The molecular formula is C27H28ClN3O5. The van der Waals surface area contributed by atoms with Crippen molar-refractivity contribution in [2.24, 2.45) is 5.92 Å². The van der Waals surface area contributed by atoms with E-state index in [4.69, 9.17) is 16.3 Å². The van der Waals surface area contributed by atoms with Crippen LogP contribution in [0, 0.1) is 5.92 Å². The van der Waals surface area contributed by atoms with Gasteiger partial charge in [-0.3, -0.25) is 14.4 Å². The minimum Gasteiger partial charge on any atom is -0.462 e. The molecule has 9 heteroatoms. The zero-order chi connectivity index (χ0) is 25.8. The lowest BCUT2D eigenvalue weighted by atomic mass is 9.98. The molecule has 2 aliphatic heterocycles. The van der Waals surface area contributed by atoms with Crippen LogP contribution >= 0.6 is 11.6 Å². The SMILES string of the molecule is CCCOC(=O)c1cccc(N2C(=O)C(Cl)=C(Nc3ccc(C(=O)N4CCC(C)CC4)cc3)C2=O)c1. The number of hydrogen-bond acceptors (Lipinski definition) is 6. The number of carbonyl (C=O) groups is 4. The number of rotatable bonds is 7. The topological polar surface area (TPSA) is 96.0 Å². The van der Waals surface area contributed by atoms with Crippen LogP contribution in [0.2, 0.25) is 0 Å². The molecule has 0 aromatic heterocycles. The van der Waals surface area contributed by atoms with Crippen molar-refractivity contribution in [2.75, 3.05) is 29.9 Å². The van der Waals surface area contributed by atoms with Crippen LogP contribution in [0.1, 0.15) is 53.8 Å². The molecule has 8 nitrogen and oxygen atoms in total. The molecule has 0 bridgehead atoms. The monoisotopic (exact) mass is 509 g/mol. The van der Waals surface area contributed by atoms with Gasteiger partial charge in [-0.15, -0.1) is 0 Å². The maximum Gasteiger partial charge on any atom is 0.338 e. The Hall–Kier alpha value is -3.65. The lowest BCUT2D eigenvalue weighted by molar-refractivity contribution is -0.120. The smallest absolute Gasteiger partial charge is 0.338 e. The van der Waals surface area contributed by atoms with Gasteiger partial charge < -0.3 is 15.0 Å². The van der Waals surface area contributed by atoms with Gasteiger partial charge in [0.2, 0.25) is 0 Å². The lowest BCUT2D eigenvalue weighted by Crippen LogP contribution is -2.37. The van der Waals surface area contributed by atoms with Crippen LogP contribution in [0.15, 0.2) is 59.3 Å². The third-order valence-electron chi connectivity index (χ3n) is 6.28. The van der Waals surface area contributed by atoms with Gasteiger partial charge in [0.15, 0.2) is 0 Å². The number of hydrogen-bond donors (Lipinski definition) is 1. The van der Waals surface area contributed by atoms with E-state index in [0.717, 1.165) is 30.8 Å². The third-order valence-corrected chi connectivity index (χ3v) is 6.63. The van der Waals surface area contributed by atoms with Crippen LogP contribution in [0.3, 0.4) is 0 Å². The van der Waals surface area contributed by atoms with Crippen LogP contribution in [-0.4, -0.2) is 48.3 Å². The summed E-state index contributed by atoms with van der Waals surface area (Å²) in [5, 5.41) is 2.64. The number of benzene rings is 2. The highest BCUT2D eigenvalue weighted by Gasteiger charge is 2.39. The van der Waals surface area contributed by atoms with Crippen LogP contribution in [0.25, 0.3) is 0 Å². The molecule has 2 heterocycles. The van der Waals surface area contributed by atoms with Crippen LogP contribution < -0.4 is 10.2 Å². The van der Waals surface area contributed by atoms with Gasteiger partial charge in [-0.25, -0.2) is 9.69 Å². The molecule has 0 aliphatic carbocycles. The predicted molar refractivity (Wildman–Crippen MR) is 137 cm³/mol. The maximum atomic E-state index is 13.1. The molecule has 3 amide bonds. The number of nitrogens with one attached hydrogen (secondary N) is 1. The Morgan fingerprint density at radius 1 is 1.03 bits per heavy atom. The molecule has 2 aliphatic rings. The standard InChI is InChI=1S/C27H28ClN3O5/c1-3-15-36-27(35)19-5-4-6-21(16-19)31-25(33)22(28)23(26(31)34)29-20-9-7-18(8-10-20)24(32)30-13-11-17(2)12-14-30/h4-10,16-17,29H,3,11-15H2,1-2H3. The predicted octanol–water partition coefficient (Wildman–Crippen LogP) is 4.56. The molecule has 0 spiro atoms. The molecule has 1 N–H and O–H groups in total. The minimum atomic E-state index is -0.700. The van der Waals surface area contributed by atoms with Crippen molar-refractivity contribution in [3.63, 3.8) is 0 Å². The van der Waals surface area contributed by atoms with Crippen molar-refractivity contribution < 1.29 is 23.9 Å². The Bertz CT molecular complexity index is 1220. The number of ether oxygens (including phenoxy) is 1. The second kappa shape index (κ2) is 11.0. The normalized spacial score (nSPS) is 16.5. The number of nitrogens with zero attached hydrogens (tertiary/aromatic N) is 2. The average molecular weight is 510 g/mol. The molecular weight excluding hydrogens is 482 g/mol. The lowest BCUT2D eigenvalue weighted by Gasteiger charge is -2.30. The molecule has 0 saturated carbocycles. The second-order valence-electron chi connectivity index (χ2n) is 9.00. The highest BCUT2D eigenvalue weighted by atomic mass is 35.5. The summed E-state index contributed by atoms with van der Waals surface area (Å²) in [4.78, 5) is 53.7. The number of esters is 1. The van der Waals surface area contributed by atoms with Gasteiger partial charge in [0.05, 0.1) is 17.9 Å². The fraction of sp³-hybridized carbons (Fsp3) is 0.333. The second-order valence-corrected chi connectivity index (χ2v) is 9.38. The Morgan fingerprint density at radius 2 is 1.72 bits per heavy atom. The summed E-state index contributed by atoms with van der Waals surface area (Å²) >= 11 is 6.24. The number of anilines is 2. The highest BCUT2D eigenvalue weighted by Crippen LogP contribution is 2.31. The van der Waals surface area contributed by atoms with Gasteiger partial charge in [0.1, 0.15) is 10.7 Å². The molecule has 0 atom stereocenters. The number of likely N-dealkylation sites (tertiary alicyclic amines) is 1. The largest absolute Gasteiger partial charge is 0.462 e. The molecule has 2 aromatic carbocycles. The van der Waals surface area contributed by atoms with E-state index in [1.807, 2.05) is 11.8 Å². The van der Waals surface area contributed by atoms with Gasteiger partial charge in [-0.05, 0) is 67.6 Å². The van der Waals surface area contributed by atoms with Crippen molar-refractivity contribution in [2.45, 2.75) is 33.1 Å². The number of imide groups is 1. The fourth-order valence-electron chi connectivity index (χ4n) is 4.13. The summed E-state index contributed by atoms with van der Waals surface area (Å²) in [6.07, 6.45) is 2.66. The number of piperidine rings is 1. The Balaban J connectivity index is 1.47. The molecule has 0 unspecified atom stereocenters. The summed E-state index contributed by atoms with van der Waals surface area (Å²) in [5.41, 5.74) is 1.42. The average Bonchev–Trinajstić information content (AvgIpc) is 3.10. The molecule has 1 fully saturated rings. The summed E-state index contributed by atoms with van der Waals surface area (Å²) < 4.78 is 5.14. The van der Waals surface area contributed by atoms with Crippen molar-refractivity contribution in [1.29, 1.82) is 0 Å². The quantitative estimate of drug-likeness (QED) is 0.434. The van der Waals surface area contributed by atoms with E-state index in [1.54, 1.807) is 42.5 Å². The molecule has 188 valence electrons. The van der Waals surface area contributed by atoms with Gasteiger partial charge in [-0.2, -0.15) is 0 Å². The molecule has 0 radical (unpaired) electrons. The van der Waals surface area contributed by atoms with E-state index >= 15 is 0 Å². The first kappa shape index (κ1) is 25.4. The molecule has 1 saturated heterocycles. The first-order valence-electron chi connectivity index (χ1n) is 12.0. The Morgan fingerprint density at radius 3 is 2.39 bits per heavy atom. The maximum absolute atomic E-state index is 13.1. The van der Waals surface area contributed by atoms with E-state index in [0.29, 0.717) is 23.6 Å². The van der Waals surface area contributed by atoms with Gasteiger partial charge in [-0.1, -0.05) is 31.5 Å². The minimum absolute atomic E-state index is 0.0265. The number of carbonyl (C=O) groups excluding carboxylic acids is 4. The van der Waals surface area contributed by atoms with Crippen molar-refractivity contribution in [3.05, 3.63) is 70.4 Å². The van der Waals surface area contributed by atoms with Gasteiger partial charge in [0, 0.05) is 24.3 Å². The zero-order valence-corrected chi connectivity index (χ0v) is 21.0.